The Morgan fingerprint density at radius 3 is 2.36 bits per heavy atom. The summed E-state index contributed by atoms with van der Waals surface area (Å²) in [7, 11) is -2.33. The van der Waals surface area contributed by atoms with Gasteiger partial charge in [0, 0.05) is 10.7 Å². The number of halogens is 1. The summed E-state index contributed by atoms with van der Waals surface area (Å²) in [5.41, 5.74) is 1.36. The topological polar surface area (TPSA) is 84.5 Å². The van der Waals surface area contributed by atoms with Gasteiger partial charge in [0.25, 0.3) is 0 Å². The van der Waals surface area contributed by atoms with Gasteiger partial charge in [-0.05, 0) is 61.9 Å². The molecule has 6 nitrogen and oxygen atoms in total. The van der Waals surface area contributed by atoms with E-state index in [9.17, 15) is 13.2 Å². The zero-order chi connectivity index (χ0) is 18.6. The third-order valence-electron chi connectivity index (χ3n) is 3.54. The fraction of sp³-hybridized carbons (Fsp3) is 0.235. The number of rotatable bonds is 6. The molecule has 2 N–H and O–H groups in total. The van der Waals surface area contributed by atoms with Gasteiger partial charge in [0.2, 0.25) is 15.9 Å². The molecule has 134 valence electrons. The largest absolute Gasteiger partial charge is 0.497 e. The van der Waals surface area contributed by atoms with Gasteiger partial charge in [-0.15, -0.1) is 0 Å². The van der Waals surface area contributed by atoms with Gasteiger partial charge in [0.05, 0.1) is 18.0 Å². The minimum atomic E-state index is -3.83. The zero-order valence-electron chi connectivity index (χ0n) is 14.0. The van der Waals surface area contributed by atoms with Crippen molar-refractivity contribution in [2.75, 3.05) is 12.4 Å². The van der Waals surface area contributed by atoms with E-state index < -0.39 is 22.0 Å². The molecule has 0 fully saturated rings. The molecule has 0 aromatic heterocycles. The molecular weight excluding hydrogens is 364 g/mol. The Balaban J connectivity index is 2.08. The molecule has 2 rings (SSSR count). The van der Waals surface area contributed by atoms with Crippen LogP contribution in [0.1, 0.15) is 12.5 Å². The molecule has 0 bridgehead atoms. The first-order valence-corrected chi connectivity index (χ1v) is 9.32. The van der Waals surface area contributed by atoms with Crippen molar-refractivity contribution >= 4 is 33.2 Å². The Bertz CT molecular complexity index is 867. The van der Waals surface area contributed by atoms with Gasteiger partial charge in [-0.25, -0.2) is 8.42 Å². The molecule has 25 heavy (non-hydrogen) atoms. The molecule has 0 saturated carbocycles. The molecule has 0 aliphatic rings. The minimum Gasteiger partial charge on any atom is -0.497 e. The van der Waals surface area contributed by atoms with Gasteiger partial charge in [-0.3, -0.25) is 4.79 Å². The lowest BCUT2D eigenvalue weighted by atomic mass is 10.2. The molecule has 0 spiro atoms. The lowest BCUT2D eigenvalue weighted by molar-refractivity contribution is -0.117. The number of carbonyl (C=O) groups excluding carboxylic acids is 1. The first kappa shape index (κ1) is 19.2. The van der Waals surface area contributed by atoms with Gasteiger partial charge < -0.3 is 10.1 Å². The van der Waals surface area contributed by atoms with Crippen molar-refractivity contribution in [2.45, 2.75) is 24.8 Å². The number of amides is 1. The van der Waals surface area contributed by atoms with Crippen LogP contribution >= 0.6 is 11.6 Å². The molecule has 2 aromatic carbocycles. The van der Waals surface area contributed by atoms with E-state index in [-0.39, 0.29) is 4.90 Å². The number of sulfonamides is 1. The van der Waals surface area contributed by atoms with Gasteiger partial charge in [0.1, 0.15) is 5.75 Å². The number of ether oxygens (including phenoxy) is 1. The second-order valence-electron chi connectivity index (χ2n) is 5.47. The number of aryl methyl sites for hydroxylation is 1. The Hall–Kier alpha value is -2.09. The predicted molar refractivity (Wildman–Crippen MR) is 97.6 cm³/mol. The van der Waals surface area contributed by atoms with Crippen LogP contribution in [-0.4, -0.2) is 27.5 Å². The SMILES string of the molecule is COc1ccc(S(=O)(=O)N[C@H](C)C(=O)Nc2ccc(Cl)cc2C)cc1. The molecule has 0 heterocycles. The number of anilines is 1. The van der Waals surface area contributed by atoms with Crippen LogP contribution in [0, 0.1) is 6.92 Å². The summed E-state index contributed by atoms with van der Waals surface area (Å²) >= 11 is 5.88. The summed E-state index contributed by atoms with van der Waals surface area (Å²) in [6, 6.07) is 9.97. The molecule has 8 heteroatoms. The van der Waals surface area contributed by atoms with Crippen LogP contribution in [0.15, 0.2) is 47.4 Å². The maximum absolute atomic E-state index is 12.4. The molecular formula is C17H19ClN2O4S. The highest BCUT2D eigenvalue weighted by molar-refractivity contribution is 7.89. The quantitative estimate of drug-likeness (QED) is 0.804. The average molecular weight is 383 g/mol. The van der Waals surface area contributed by atoms with Crippen molar-refractivity contribution in [2.24, 2.45) is 0 Å². The van der Waals surface area contributed by atoms with Crippen LogP contribution in [0.4, 0.5) is 5.69 Å². The molecule has 0 saturated heterocycles. The first-order valence-electron chi connectivity index (χ1n) is 7.46. The van der Waals surface area contributed by atoms with Crippen LogP contribution in [-0.2, 0) is 14.8 Å². The highest BCUT2D eigenvalue weighted by atomic mass is 35.5. The molecule has 0 unspecified atom stereocenters. The Morgan fingerprint density at radius 2 is 1.80 bits per heavy atom. The minimum absolute atomic E-state index is 0.0515. The van der Waals surface area contributed by atoms with Crippen LogP contribution in [0.5, 0.6) is 5.75 Å². The van der Waals surface area contributed by atoms with E-state index >= 15 is 0 Å². The van der Waals surface area contributed by atoms with Crippen molar-refractivity contribution < 1.29 is 17.9 Å². The van der Waals surface area contributed by atoms with Crippen molar-refractivity contribution in [3.63, 3.8) is 0 Å². The van der Waals surface area contributed by atoms with Crippen molar-refractivity contribution in [1.82, 2.24) is 4.72 Å². The van der Waals surface area contributed by atoms with Crippen molar-refractivity contribution in [3.8, 4) is 5.75 Å². The molecule has 0 aliphatic carbocycles. The number of hydrogen-bond acceptors (Lipinski definition) is 4. The first-order chi connectivity index (χ1) is 11.7. The smallest absolute Gasteiger partial charge is 0.242 e. The Labute approximate surface area is 152 Å². The molecule has 0 radical (unpaired) electrons. The van der Waals surface area contributed by atoms with E-state index in [1.165, 1.54) is 38.3 Å². The predicted octanol–water partition coefficient (Wildman–Crippen LogP) is 2.96. The van der Waals surface area contributed by atoms with Crippen LogP contribution < -0.4 is 14.8 Å². The van der Waals surface area contributed by atoms with Crippen molar-refractivity contribution in [3.05, 3.63) is 53.1 Å². The van der Waals surface area contributed by atoms with Crippen LogP contribution in [0.25, 0.3) is 0 Å². The fourth-order valence-corrected chi connectivity index (χ4v) is 3.55. The summed E-state index contributed by atoms with van der Waals surface area (Å²) in [4.78, 5) is 12.3. The average Bonchev–Trinajstić information content (AvgIpc) is 2.57. The summed E-state index contributed by atoms with van der Waals surface area (Å²) in [5, 5.41) is 3.24. The van der Waals surface area contributed by atoms with E-state index in [1.54, 1.807) is 25.1 Å². The monoisotopic (exact) mass is 382 g/mol. The molecule has 0 aliphatic heterocycles. The molecule has 1 atom stereocenters. The summed E-state index contributed by atoms with van der Waals surface area (Å²) in [6.07, 6.45) is 0. The van der Waals surface area contributed by atoms with Gasteiger partial charge >= 0.3 is 0 Å². The van der Waals surface area contributed by atoms with Gasteiger partial charge in [0.15, 0.2) is 0 Å². The lowest BCUT2D eigenvalue weighted by Gasteiger charge is -2.16. The number of benzene rings is 2. The van der Waals surface area contributed by atoms with E-state index in [0.717, 1.165) is 5.56 Å². The second-order valence-corrected chi connectivity index (χ2v) is 7.62. The maximum atomic E-state index is 12.4. The maximum Gasteiger partial charge on any atom is 0.242 e. The number of carbonyl (C=O) groups is 1. The third kappa shape index (κ3) is 4.94. The van der Waals surface area contributed by atoms with E-state index in [1.807, 2.05) is 0 Å². The molecule has 1 amide bonds. The Kier molecular flexibility index (Phi) is 6.05. The highest BCUT2D eigenvalue weighted by Gasteiger charge is 2.22. The van der Waals surface area contributed by atoms with E-state index in [2.05, 4.69) is 10.0 Å². The molecule has 2 aromatic rings. The van der Waals surface area contributed by atoms with E-state index in [0.29, 0.717) is 16.5 Å². The summed E-state index contributed by atoms with van der Waals surface area (Å²) in [6.45, 7) is 3.27. The van der Waals surface area contributed by atoms with Gasteiger partial charge in [-0.1, -0.05) is 11.6 Å². The van der Waals surface area contributed by atoms with Gasteiger partial charge in [-0.2, -0.15) is 4.72 Å². The van der Waals surface area contributed by atoms with Crippen molar-refractivity contribution in [1.29, 1.82) is 0 Å². The van der Waals surface area contributed by atoms with Crippen LogP contribution in [0.3, 0.4) is 0 Å². The second kappa shape index (κ2) is 7.86. The highest BCUT2D eigenvalue weighted by Crippen LogP contribution is 2.20. The van der Waals surface area contributed by atoms with Crippen LogP contribution in [0.2, 0.25) is 5.02 Å². The lowest BCUT2D eigenvalue weighted by Crippen LogP contribution is -2.41. The zero-order valence-corrected chi connectivity index (χ0v) is 15.6. The number of methoxy groups -OCH3 is 1. The summed E-state index contributed by atoms with van der Waals surface area (Å²) < 4.78 is 32.1. The normalized spacial score (nSPS) is 12.5. The van der Waals surface area contributed by atoms with E-state index in [4.69, 9.17) is 16.3 Å². The Morgan fingerprint density at radius 1 is 1.16 bits per heavy atom. The standard InChI is InChI=1S/C17H19ClN2O4S/c1-11-10-13(18)4-9-16(11)19-17(21)12(2)20-25(22,23)15-7-5-14(24-3)6-8-15/h4-10,12,20H,1-3H3,(H,19,21)/t12-/m1/s1. The number of hydrogen-bond donors (Lipinski definition) is 2. The summed E-state index contributed by atoms with van der Waals surface area (Å²) in [5.74, 6) is 0.0745. The third-order valence-corrected chi connectivity index (χ3v) is 5.33. The fourth-order valence-electron chi connectivity index (χ4n) is 2.12. The number of nitrogens with one attached hydrogen (secondary N) is 2.